The van der Waals surface area contributed by atoms with Crippen molar-refractivity contribution in [1.29, 1.82) is 0 Å². The second-order valence-electron chi connectivity index (χ2n) is 5.77. The fraction of sp³-hybridized carbons (Fsp3) is 0.467. The van der Waals surface area contributed by atoms with Crippen LogP contribution in [0.3, 0.4) is 0 Å². The number of aromatic nitrogens is 1. The molecule has 0 spiro atoms. The van der Waals surface area contributed by atoms with Crippen molar-refractivity contribution in [3.63, 3.8) is 0 Å². The Bertz CT molecular complexity index is 738. The Balaban J connectivity index is 1.58. The van der Waals surface area contributed by atoms with Crippen molar-refractivity contribution in [2.75, 3.05) is 26.2 Å². The minimum absolute atomic E-state index is 0.000809. The van der Waals surface area contributed by atoms with Crippen molar-refractivity contribution in [3.8, 4) is 0 Å². The van der Waals surface area contributed by atoms with Crippen molar-refractivity contribution in [1.82, 2.24) is 15.0 Å². The molecule has 0 bridgehead atoms. The highest BCUT2D eigenvalue weighted by Crippen LogP contribution is 2.19. The molecule has 0 saturated carbocycles. The predicted molar refractivity (Wildman–Crippen MR) is 82.5 cm³/mol. The molecule has 1 saturated heterocycles. The molecule has 0 aliphatic carbocycles. The molecule has 1 aliphatic rings. The summed E-state index contributed by atoms with van der Waals surface area (Å²) in [4.78, 5) is 26.2. The van der Waals surface area contributed by atoms with E-state index in [-0.39, 0.29) is 11.7 Å². The van der Waals surface area contributed by atoms with Crippen LogP contribution in [0.1, 0.15) is 27.6 Å². The summed E-state index contributed by atoms with van der Waals surface area (Å²) in [7, 11) is 0. The maximum absolute atomic E-state index is 12.3. The zero-order valence-electron chi connectivity index (χ0n) is 13.5. The van der Waals surface area contributed by atoms with Gasteiger partial charge in [-0.3, -0.25) is 19.8 Å². The highest BCUT2D eigenvalue weighted by atomic mass is 16.6. The van der Waals surface area contributed by atoms with E-state index in [4.69, 9.17) is 8.94 Å². The first-order chi connectivity index (χ1) is 11.5. The molecule has 2 aromatic heterocycles. The van der Waals surface area contributed by atoms with E-state index in [0.29, 0.717) is 26.2 Å². The highest BCUT2D eigenvalue weighted by Gasteiger charge is 2.26. The number of amides is 1. The van der Waals surface area contributed by atoms with E-state index in [0.717, 1.165) is 23.6 Å². The van der Waals surface area contributed by atoms with Crippen molar-refractivity contribution >= 4 is 11.8 Å². The highest BCUT2D eigenvalue weighted by molar-refractivity contribution is 5.91. The van der Waals surface area contributed by atoms with Crippen LogP contribution in [0.25, 0.3) is 0 Å². The number of hydrogen-bond acceptors (Lipinski definition) is 7. The molecule has 3 heterocycles. The number of furan rings is 1. The summed E-state index contributed by atoms with van der Waals surface area (Å²) in [6.45, 7) is 7.02. The molecule has 0 N–H and O–H groups in total. The van der Waals surface area contributed by atoms with Gasteiger partial charge in [0, 0.05) is 38.3 Å². The largest absolute Gasteiger partial charge is 0.433 e. The van der Waals surface area contributed by atoms with Crippen LogP contribution in [-0.4, -0.2) is 52.0 Å². The van der Waals surface area contributed by atoms with Gasteiger partial charge in [0.05, 0.1) is 11.8 Å². The van der Waals surface area contributed by atoms with Gasteiger partial charge >= 0.3 is 5.88 Å². The molecule has 128 valence electrons. The molecule has 1 fully saturated rings. The summed E-state index contributed by atoms with van der Waals surface area (Å²) in [5, 5.41) is 14.6. The molecular formula is C15H18N4O5. The Labute approximate surface area is 137 Å². The smallest absolute Gasteiger partial charge is 0.395 e. The first-order valence-electron chi connectivity index (χ1n) is 7.63. The van der Waals surface area contributed by atoms with E-state index in [9.17, 15) is 14.9 Å². The molecule has 0 radical (unpaired) electrons. The number of piperazine rings is 1. The van der Waals surface area contributed by atoms with Crippen molar-refractivity contribution in [3.05, 3.63) is 45.0 Å². The lowest BCUT2D eigenvalue weighted by Gasteiger charge is -2.34. The van der Waals surface area contributed by atoms with Crippen molar-refractivity contribution in [2.45, 2.75) is 20.4 Å². The van der Waals surface area contributed by atoms with Crippen molar-refractivity contribution < 1.29 is 18.7 Å². The number of rotatable bonds is 4. The summed E-state index contributed by atoms with van der Waals surface area (Å²) >= 11 is 0. The number of aryl methyl sites for hydroxylation is 2. The molecule has 2 aromatic rings. The lowest BCUT2D eigenvalue weighted by atomic mass is 10.1. The van der Waals surface area contributed by atoms with E-state index in [2.05, 4.69) is 10.1 Å². The van der Waals surface area contributed by atoms with Crippen LogP contribution in [0.4, 0.5) is 5.88 Å². The Hall–Kier alpha value is -2.68. The maximum atomic E-state index is 12.3. The topological polar surface area (TPSA) is 106 Å². The minimum atomic E-state index is -0.654. The minimum Gasteiger partial charge on any atom is -0.395 e. The fourth-order valence-electron chi connectivity index (χ4n) is 2.76. The van der Waals surface area contributed by atoms with Crippen LogP contribution in [0, 0.1) is 24.0 Å². The van der Waals surface area contributed by atoms with Gasteiger partial charge in [0.15, 0.2) is 5.76 Å². The fourth-order valence-corrected chi connectivity index (χ4v) is 2.76. The second kappa shape index (κ2) is 6.44. The standard InChI is InChI=1S/C15H18N4O5/c1-10-12(11(2)24-16-10)9-17-5-7-18(8-6-17)15(20)13-3-4-14(23-13)19(21)22/h3-4H,5-9H2,1-2H3. The summed E-state index contributed by atoms with van der Waals surface area (Å²) < 4.78 is 10.1. The van der Waals surface area contributed by atoms with E-state index >= 15 is 0 Å². The van der Waals surface area contributed by atoms with E-state index in [1.807, 2.05) is 13.8 Å². The Morgan fingerprint density at radius 2 is 2.00 bits per heavy atom. The third-order valence-corrected chi connectivity index (χ3v) is 4.20. The van der Waals surface area contributed by atoms with Gasteiger partial charge in [-0.2, -0.15) is 0 Å². The summed E-state index contributed by atoms with van der Waals surface area (Å²) in [6, 6.07) is 2.54. The molecule has 24 heavy (non-hydrogen) atoms. The quantitative estimate of drug-likeness (QED) is 0.619. The summed E-state index contributed by atoms with van der Waals surface area (Å²) in [5.41, 5.74) is 1.96. The van der Waals surface area contributed by atoms with Gasteiger partial charge in [0.25, 0.3) is 5.91 Å². The van der Waals surface area contributed by atoms with Crippen LogP contribution in [0.2, 0.25) is 0 Å². The molecular weight excluding hydrogens is 316 g/mol. The molecule has 0 atom stereocenters. The van der Waals surface area contributed by atoms with E-state index in [1.165, 1.54) is 12.1 Å². The zero-order valence-corrected chi connectivity index (χ0v) is 13.5. The number of carbonyl (C=O) groups excluding carboxylic acids is 1. The number of nitrogens with zero attached hydrogens (tertiary/aromatic N) is 4. The van der Waals surface area contributed by atoms with Gasteiger partial charge in [0.2, 0.25) is 0 Å². The van der Waals surface area contributed by atoms with Crippen LogP contribution in [0.5, 0.6) is 0 Å². The van der Waals surface area contributed by atoms with Crippen LogP contribution in [0.15, 0.2) is 21.1 Å². The molecule has 3 rings (SSSR count). The molecule has 1 aliphatic heterocycles. The Morgan fingerprint density at radius 3 is 2.54 bits per heavy atom. The van der Waals surface area contributed by atoms with Gasteiger partial charge in [-0.05, 0) is 19.9 Å². The van der Waals surface area contributed by atoms with E-state index in [1.54, 1.807) is 4.90 Å². The van der Waals surface area contributed by atoms with Crippen LogP contribution < -0.4 is 0 Å². The number of hydrogen-bond donors (Lipinski definition) is 0. The Kier molecular flexibility index (Phi) is 4.34. The molecule has 9 heteroatoms. The number of carbonyl (C=O) groups is 1. The molecule has 0 aromatic carbocycles. The van der Waals surface area contributed by atoms with E-state index < -0.39 is 10.8 Å². The predicted octanol–water partition coefficient (Wildman–Crippen LogP) is 1.75. The van der Waals surface area contributed by atoms with Crippen LogP contribution >= 0.6 is 0 Å². The first-order valence-corrected chi connectivity index (χ1v) is 7.63. The molecule has 9 nitrogen and oxygen atoms in total. The SMILES string of the molecule is Cc1noc(C)c1CN1CCN(C(=O)c2ccc([N+](=O)[O-])o2)CC1. The van der Waals surface area contributed by atoms with Gasteiger partial charge < -0.3 is 13.8 Å². The third-order valence-electron chi connectivity index (χ3n) is 4.20. The molecule has 1 amide bonds. The lowest BCUT2D eigenvalue weighted by molar-refractivity contribution is -0.402. The van der Waals surface area contributed by atoms with Gasteiger partial charge in [0.1, 0.15) is 10.7 Å². The van der Waals surface area contributed by atoms with Crippen molar-refractivity contribution in [2.24, 2.45) is 0 Å². The Morgan fingerprint density at radius 1 is 1.29 bits per heavy atom. The summed E-state index contributed by atoms with van der Waals surface area (Å²) in [5.74, 6) is 0.0743. The van der Waals surface area contributed by atoms with Gasteiger partial charge in [-0.1, -0.05) is 5.16 Å². The lowest BCUT2D eigenvalue weighted by Crippen LogP contribution is -2.48. The summed E-state index contributed by atoms with van der Waals surface area (Å²) in [6.07, 6.45) is 0. The van der Waals surface area contributed by atoms with Gasteiger partial charge in [-0.15, -0.1) is 0 Å². The normalized spacial score (nSPS) is 15.7. The maximum Gasteiger partial charge on any atom is 0.433 e. The number of nitro groups is 1. The average molecular weight is 334 g/mol. The molecule has 0 unspecified atom stereocenters. The average Bonchev–Trinajstić information content (AvgIpc) is 3.18. The van der Waals surface area contributed by atoms with Crippen LogP contribution in [-0.2, 0) is 6.54 Å². The monoisotopic (exact) mass is 334 g/mol. The van der Waals surface area contributed by atoms with Gasteiger partial charge in [-0.25, -0.2) is 0 Å². The third kappa shape index (κ3) is 3.16. The zero-order chi connectivity index (χ0) is 17.3. The second-order valence-corrected chi connectivity index (χ2v) is 5.77. The first kappa shape index (κ1) is 16.2.